The van der Waals surface area contributed by atoms with Crippen molar-refractivity contribution in [2.45, 2.75) is 70.0 Å². The van der Waals surface area contributed by atoms with E-state index in [9.17, 15) is 9.59 Å². The van der Waals surface area contributed by atoms with E-state index in [2.05, 4.69) is 26.6 Å². The number of fused-ring (bicyclic) bond motifs is 1. The molecule has 0 unspecified atom stereocenters. The molecule has 0 N–H and O–H groups in total. The second-order valence-electron chi connectivity index (χ2n) is 9.02. The monoisotopic (exact) mass is 451 g/mol. The van der Waals surface area contributed by atoms with Gasteiger partial charge >= 0.3 is 11.9 Å². The SMILES string of the molecule is CCCCO[C@H]1C[C@@H](OC(=O)c2ccccc2)[C@@H]2[C@@H](C(=O)OC)[C@H]([Si](C)(C)C)ON2O1. The van der Waals surface area contributed by atoms with Crippen LogP contribution < -0.4 is 0 Å². The smallest absolute Gasteiger partial charge is 0.338 e. The summed E-state index contributed by atoms with van der Waals surface area (Å²) in [7, 11) is -0.609. The molecule has 0 spiro atoms. The van der Waals surface area contributed by atoms with E-state index in [4.69, 9.17) is 23.9 Å². The van der Waals surface area contributed by atoms with Crippen LogP contribution in [0.3, 0.4) is 0 Å². The molecule has 3 rings (SSSR count). The topological polar surface area (TPSA) is 83.5 Å². The number of methoxy groups -OCH3 is 1. The van der Waals surface area contributed by atoms with Crippen LogP contribution in [0.4, 0.5) is 0 Å². The number of carbonyl (C=O) groups is 2. The van der Waals surface area contributed by atoms with Gasteiger partial charge in [-0.25, -0.2) is 9.63 Å². The van der Waals surface area contributed by atoms with Gasteiger partial charge in [0.2, 0.25) is 0 Å². The predicted octanol–water partition coefficient (Wildman–Crippen LogP) is 3.34. The molecule has 0 aliphatic carbocycles. The van der Waals surface area contributed by atoms with Gasteiger partial charge in [-0.1, -0.05) is 56.4 Å². The summed E-state index contributed by atoms with van der Waals surface area (Å²) < 4.78 is 16.9. The summed E-state index contributed by atoms with van der Waals surface area (Å²) in [5, 5.41) is 1.33. The van der Waals surface area contributed by atoms with E-state index in [1.165, 1.54) is 12.3 Å². The predicted molar refractivity (Wildman–Crippen MR) is 115 cm³/mol. The molecular weight excluding hydrogens is 418 g/mol. The zero-order valence-corrected chi connectivity index (χ0v) is 19.9. The van der Waals surface area contributed by atoms with Crippen LogP contribution >= 0.6 is 0 Å². The molecule has 8 nitrogen and oxygen atoms in total. The molecule has 0 radical (unpaired) electrons. The van der Waals surface area contributed by atoms with Gasteiger partial charge in [-0.2, -0.15) is 0 Å². The maximum absolute atomic E-state index is 12.8. The van der Waals surface area contributed by atoms with E-state index in [1.54, 1.807) is 24.3 Å². The Kier molecular flexibility index (Phi) is 7.87. The molecule has 2 heterocycles. The van der Waals surface area contributed by atoms with Crippen LogP contribution in [0, 0.1) is 5.92 Å². The van der Waals surface area contributed by atoms with Crippen LogP contribution in [0.15, 0.2) is 30.3 Å². The number of unbranched alkanes of at least 4 members (excludes halogenated alkanes) is 1. The van der Waals surface area contributed by atoms with E-state index in [1.807, 2.05) is 6.07 Å². The van der Waals surface area contributed by atoms with Crippen LogP contribution in [-0.2, 0) is 28.7 Å². The summed E-state index contributed by atoms with van der Waals surface area (Å²) in [6, 6.07) is 8.18. The van der Waals surface area contributed by atoms with E-state index >= 15 is 0 Å². The van der Waals surface area contributed by atoms with Crippen molar-refractivity contribution in [1.29, 1.82) is 0 Å². The molecule has 0 bridgehead atoms. The van der Waals surface area contributed by atoms with Gasteiger partial charge in [0.1, 0.15) is 18.1 Å². The molecule has 172 valence electrons. The molecule has 0 amide bonds. The van der Waals surface area contributed by atoms with Gasteiger partial charge in [0, 0.05) is 13.0 Å². The van der Waals surface area contributed by atoms with Gasteiger partial charge in [-0.05, 0) is 18.6 Å². The molecule has 2 aliphatic rings. The van der Waals surface area contributed by atoms with E-state index in [0.717, 1.165) is 12.8 Å². The Balaban J connectivity index is 1.87. The second-order valence-corrected chi connectivity index (χ2v) is 14.3. The van der Waals surface area contributed by atoms with Crippen LogP contribution in [-0.4, -0.2) is 63.1 Å². The molecule has 0 aromatic heterocycles. The first-order valence-corrected chi connectivity index (χ1v) is 14.4. The lowest BCUT2D eigenvalue weighted by Crippen LogP contribution is -2.55. The Hall–Kier alpha value is -1.78. The minimum Gasteiger partial charge on any atom is -0.469 e. The average Bonchev–Trinajstić information content (AvgIpc) is 3.14. The standard InChI is InChI=1S/C22H33NO7Si/c1-6-7-13-27-17-14-16(28-20(24)15-11-9-8-10-12-15)19-18(21(25)26-2)22(31(3,4)5)30-23(19)29-17/h8-12,16-19,22H,6-7,13-14H2,1-5H3/t16-,17-,18+,19-,22+/m1/s1. The third-order valence-corrected chi connectivity index (χ3v) is 7.75. The van der Waals surface area contributed by atoms with Crippen LogP contribution in [0.25, 0.3) is 0 Å². The van der Waals surface area contributed by atoms with Crippen molar-refractivity contribution in [3.05, 3.63) is 35.9 Å². The third-order valence-electron chi connectivity index (χ3n) is 5.58. The summed E-state index contributed by atoms with van der Waals surface area (Å²) in [5.74, 6) is -1.48. The average molecular weight is 452 g/mol. The summed E-state index contributed by atoms with van der Waals surface area (Å²) in [6.07, 6.45) is 0.901. The number of hydroxylamine groups is 2. The van der Waals surface area contributed by atoms with Crippen molar-refractivity contribution in [3.8, 4) is 0 Å². The van der Waals surface area contributed by atoms with Crippen molar-refractivity contribution < 1.29 is 33.5 Å². The van der Waals surface area contributed by atoms with Crippen LogP contribution in [0.1, 0.15) is 36.5 Å². The first kappa shape index (κ1) is 23.9. The first-order valence-electron chi connectivity index (χ1n) is 10.8. The van der Waals surface area contributed by atoms with Crippen molar-refractivity contribution in [2.24, 2.45) is 5.92 Å². The molecule has 1 aromatic carbocycles. The van der Waals surface area contributed by atoms with Crippen LogP contribution in [0.5, 0.6) is 0 Å². The van der Waals surface area contributed by atoms with Gasteiger partial charge in [-0.3, -0.25) is 9.63 Å². The highest BCUT2D eigenvalue weighted by molar-refractivity contribution is 6.77. The number of rotatable bonds is 8. The Labute approximate surface area is 184 Å². The van der Waals surface area contributed by atoms with E-state index < -0.39 is 44.4 Å². The number of hydrogen-bond donors (Lipinski definition) is 0. The van der Waals surface area contributed by atoms with Crippen molar-refractivity contribution in [3.63, 3.8) is 0 Å². The van der Waals surface area contributed by atoms with Crippen molar-refractivity contribution in [1.82, 2.24) is 5.23 Å². The molecule has 2 aliphatic heterocycles. The van der Waals surface area contributed by atoms with Gasteiger partial charge in [0.15, 0.2) is 6.29 Å². The molecule has 2 saturated heterocycles. The molecular formula is C22H33NO7Si. The number of hydrogen-bond acceptors (Lipinski definition) is 8. The number of ether oxygens (including phenoxy) is 3. The quantitative estimate of drug-likeness (QED) is 0.338. The molecule has 9 heteroatoms. The maximum Gasteiger partial charge on any atom is 0.338 e. The normalized spacial score (nSPS) is 28.7. The van der Waals surface area contributed by atoms with Crippen LogP contribution in [0.2, 0.25) is 19.6 Å². The van der Waals surface area contributed by atoms with Crippen molar-refractivity contribution >= 4 is 20.0 Å². The lowest BCUT2D eigenvalue weighted by Gasteiger charge is -2.38. The van der Waals surface area contributed by atoms with Gasteiger partial charge in [0.05, 0.1) is 26.5 Å². The Morgan fingerprint density at radius 3 is 2.48 bits per heavy atom. The highest BCUT2D eigenvalue weighted by Gasteiger charge is 2.60. The lowest BCUT2D eigenvalue weighted by atomic mass is 9.93. The zero-order valence-electron chi connectivity index (χ0n) is 18.9. The highest BCUT2D eigenvalue weighted by atomic mass is 28.3. The number of nitrogens with zero attached hydrogens (tertiary/aromatic N) is 1. The summed E-state index contributed by atoms with van der Waals surface area (Å²) in [6.45, 7) is 8.95. The summed E-state index contributed by atoms with van der Waals surface area (Å²) in [5.41, 5.74) is 0.0662. The molecule has 2 fully saturated rings. The fourth-order valence-corrected chi connectivity index (χ4v) is 5.79. The molecule has 31 heavy (non-hydrogen) atoms. The van der Waals surface area contributed by atoms with Gasteiger partial charge < -0.3 is 14.2 Å². The first-order chi connectivity index (χ1) is 14.8. The molecule has 5 atom stereocenters. The number of esters is 2. The lowest BCUT2D eigenvalue weighted by molar-refractivity contribution is -0.441. The van der Waals surface area contributed by atoms with Gasteiger partial charge in [0.25, 0.3) is 0 Å². The minimum atomic E-state index is -1.97. The summed E-state index contributed by atoms with van der Waals surface area (Å²) in [4.78, 5) is 37.7. The molecule has 1 aromatic rings. The fourth-order valence-electron chi connectivity index (χ4n) is 3.96. The Morgan fingerprint density at radius 2 is 1.87 bits per heavy atom. The summed E-state index contributed by atoms with van der Waals surface area (Å²) >= 11 is 0. The molecule has 0 saturated carbocycles. The van der Waals surface area contributed by atoms with Gasteiger partial charge in [-0.15, -0.1) is 0 Å². The third kappa shape index (κ3) is 5.53. The maximum atomic E-state index is 12.8. The number of carbonyl (C=O) groups excluding carboxylic acids is 2. The zero-order chi connectivity index (χ0) is 22.6. The Bertz CT molecular complexity index is 754. The second kappa shape index (κ2) is 10.2. The van der Waals surface area contributed by atoms with E-state index in [-0.39, 0.29) is 5.73 Å². The minimum absolute atomic E-state index is 0.304. The fraction of sp³-hybridized carbons (Fsp3) is 0.636. The van der Waals surface area contributed by atoms with E-state index in [0.29, 0.717) is 18.6 Å². The largest absolute Gasteiger partial charge is 0.469 e. The number of benzene rings is 1. The van der Waals surface area contributed by atoms with Crippen molar-refractivity contribution in [2.75, 3.05) is 13.7 Å². The highest BCUT2D eigenvalue weighted by Crippen LogP contribution is 2.41. The Morgan fingerprint density at radius 1 is 1.16 bits per heavy atom.